The van der Waals surface area contributed by atoms with E-state index in [0.717, 1.165) is 0 Å². The summed E-state index contributed by atoms with van der Waals surface area (Å²) in [5.74, 6) is -1.86. The molecule has 0 aliphatic carbocycles. The zero-order valence-corrected chi connectivity index (χ0v) is 14.4. The fourth-order valence-electron chi connectivity index (χ4n) is 2.85. The summed E-state index contributed by atoms with van der Waals surface area (Å²) in [4.78, 5) is 11.7. The number of rotatable bonds is 2. The van der Waals surface area contributed by atoms with Crippen LogP contribution < -0.4 is 5.46 Å². The molecule has 2 aromatic rings. The number of Topliss-reactive ketones (excluding diaryl/α,β-unsaturated/α-hetero) is 1. The standard InChI is InChI=1S/C18H18BF3O3/c1-16(2)17(3,4)25-19(24-16)14-10-9-13(15(23)18(20,21)22)11-7-5-6-8-12(11)14/h5-10H,1-4H3. The van der Waals surface area contributed by atoms with Gasteiger partial charge < -0.3 is 9.31 Å². The van der Waals surface area contributed by atoms with Gasteiger partial charge in [-0.3, -0.25) is 4.79 Å². The maximum absolute atomic E-state index is 12.9. The predicted molar refractivity (Wildman–Crippen MR) is 90.0 cm³/mol. The third kappa shape index (κ3) is 2.96. The molecule has 7 heteroatoms. The zero-order valence-electron chi connectivity index (χ0n) is 14.4. The number of hydrogen-bond donors (Lipinski definition) is 0. The van der Waals surface area contributed by atoms with E-state index in [-0.39, 0.29) is 10.9 Å². The molecule has 0 spiro atoms. The number of hydrogen-bond acceptors (Lipinski definition) is 3. The molecule has 132 valence electrons. The molecule has 0 amide bonds. The number of carbonyl (C=O) groups excluding carboxylic acids is 1. The summed E-state index contributed by atoms with van der Waals surface area (Å²) < 4.78 is 50.6. The first-order valence-corrected chi connectivity index (χ1v) is 7.93. The second-order valence-electron chi connectivity index (χ2n) is 7.16. The van der Waals surface area contributed by atoms with Gasteiger partial charge in [-0.15, -0.1) is 0 Å². The number of ketones is 1. The van der Waals surface area contributed by atoms with E-state index in [2.05, 4.69) is 0 Å². The van der Waals surface area contributed by atoms with Gasteiger partial charge in [0.25, 0.3) is 5.78 Å². The first-order valence-electron chi connectivity index (χ1n) is 7.93. The first-order chi connectivity index (χ1) is 11.4. The van der Waals surface area contributed by atoms with E-state index in [1.165, 1.54) is 18.2 Å². The van der Waals surface area contributed by atoms with Gasteiger partial charge >= 0.3 is 13.3 Å². The molecule has 25 heavy (non-hydrogen) atoms. The Bertz CT molecular complexity index is 827. The van der Waals surface area contributed by atoms with Crippen molar-refractivity contribution in [3.63, 3.8) is 0 Å². The van der Waals surface area contributed by atoms with Crippen LogP contribution in [-0.2, 0) is 9.31 Å². The van der Waals surface area contributed by atoms with Gasteiger partial charge in [0.2, 0.25) is 0 Å². The lowest BCUT2D eigenvalue weighted by molar-refractivity contribution is -0.0884. The Balaban J connectivity index is 2.13. The van der Waals surface area contributed by atoms with Crippen LogP contribution in [0.3, 0.4) is 0 Å². The number of benzene rings is 2. The molecule has 1 fully saturated rings. The van der Waals surface area contributed by atoms with E-state index in [1.807, 2.05) is 27.7 Å². The summed E-state index contributed by atoms with van der Waals surface area (Å²) in [6, 6.07) is 9.15. The van der Waals surface area contributed by atoms with Crippen molar-refractivity contribution in [2.45, 2.75) is 45.1 Å². The van der Waals surface area contributed by atoms with Crippen LogP contribution >= 0.6 is 0 Å². The van der Waals surface area contributed by atoms with Gasteiger partial charge in [-0.05, 0) is 43.9 Å². The van der Waals surface area contributed by atoms with Crippen molar-refractivity contribution in [1.82, 2.24) is 0 Å². The van der Waals surface area contributed by atoms with Gasteiger partial charge in [-0.2, -0.15) is 13.2 Å². The fraction of sp³-hybridized carbons (Fsp3) is 0.389. The third-order valence-corrected chi connectivity index (χ3v) is 4.97. The van der Waals surface area contributed by atoms with Crippen LogP contribution in [0.15, 0.2) is 36.4 Å². The molecule has 2 aromatic carbocycles. The zero-order chi connectivity index (χ0) is 18.6. The highest BCUT2D eigenvalue weighted by Gasteiger charge is 2.52. The van der Waals surface area contributed by atoms with E-state index in [9.17, 15) is 18.0 Å². The van der Waals surface area contributed by atoms with Gasteiger partial charge in [-0.1, -0.05) is 36.4 Å². The van der Waals surface area contributed by atoms with Gasteiger partial charge in [0.05, 0.1) is 11.2 Å². The van der Waals surface area contributed by atoms with Crippen molar-refractivity contribution in [2.75, 3.05) is 0 Å². The van der Waals surface area contributed by atoms with Gasteiger partial charge in [0.15, 0.2) is 0 Å². The van der Waals surface area contributed by atoms with E-state index in [1.54, 1.807) is 18.2 Å². The Morgan fingerprint density at radius 3 is 1.96 bits per heavy atom. The van der Waals surface area contributed by atoms with Crippen molar-refractivity contribution < 1.29 is 27.3 Å². The predicted octanol–water partition coefficient (Wildman–Crippen LogP) is 3.88. The van der Waals surface area contributed by atoms with E-state index in [4.69, 9.17) is 9.31 Å². The number of halogens is 3. The maximum Gasteiger partial charge on any atom is 0.495 e. The average molecular weight is 350 g/mol. The Morgan fingerprint density at radius 2 is 1.44 bits per heavy atom. The molecule has 1 saturated heterocycles. The second-order valence-corrected chi connectivity index (χ2v) is 7.16. The van der Waals surface area contributed by atoms with Crippen LogP contribution in [0.1, 0.15) is 38.1 Å². The summed E-state index contributed by atoms with van der Waals surface area (Å²) in [5, 5.41) is 0.744. The Hall–Kier alpha value is -1.86. The Kier molecular flexibility index (Phi) is 4.00. The summed E-state index contributed by atoms with van der Waals surface area (Å²) in [5.41, 5.74) is -0.908. The SMILES string of the molecule is CC1(C)OB(c2ccc(C(=O)C(F)(F)F)c3ccccc23)OC1(C)C. The lowest BCUT2D eigenvalue weighted by Gasteiger charge is -2.32. The normalized spacial score (nSPS) is 19.4. The molecule has 1 aliphatic heterocycles. The monoisotopic (exact) mass is 350 g/mol. The highest BCUT2D eigenvalue weighted by atomic mass is 19.4. The largest absolute Gasteiger partial charge is 0.495 e. The smallest absolute Gasteiger partial charge is 0.399 e. The maximum atomic E-state index is 12.9. The molecule has 1 aliphatic rings. The van der Waals surface area contributed by atoms with Gasteiger partial charge in [0, 0.05) is 5.56 Å². The van der Waals surface area contributed by atoms with E-state index >= 15 is 0 Å². The van der Waals surface area contributed by atoms with Crippen molar-refractivity contribution in [1.29, 1.82) is 0 Å². The molecule has 1 heterocycles. The molecule has 0 aromatic heterocycles. The van der Waals surface area contributed by atoms with E-state index in [0.29, 0.717) is 10.8 Å². The van der Waals surface area contributed by atoms with Crippen LogP contribution in [0.4, 0.5) is 13.2 Å². The highest BCUT2D eigenvalue weighted by molar-refractivity contribution is 6.65. The van der Waals surface area contributed by atoms with Crippen LogP contribution in [0, 0.1) is 0 Å². The third-order valence-electron chi connectivity index (χ3n) is 4.97. The first kappa shape index (κ1) is 18.0. The number of carbonyl (C=O) groups is 1. The van der Waals surface area contributed by atoms with Crippen molar-refractivity contribution in [3.05, 3.63) is 42.0 Å². The molecule has 0 N–H and O–H groups in total. The van der Waals surface area contributed by atoms with Crippen molar-refractivity contribution in [3.8, 4) is 0 Å². The quantitative estimate of drug-likeness (QED) is 0.609. The average Bonchev–Trinajstić information content (AvgIpc) is 2.72. The van der Waals surface area contributed by atoms with Crippen molar-refractivity contribution in [2.24, 2.45) is 0 Å². The molecule has 0 bridgehead atoms. The van der Waals surface area contributed by atoms with Crippen LogP contribution in [0.2, 0.25) is 0 Å². The lowest BCUT2D eigenvalue weighted by Crippen LogP contribution is -2.41. The van der Waals surface area contributed by atoms with Gasteiger partial charge in [-0.25, -0.2) is 0 Å². The summed E-state index contributed by atoms with van der Waals surface area (Å²) >= 11 is 0. The van der Waals surface area contributed by atoms with Gasteiger partial charge in [0.1, 0.15) is 0 Å². The molecular formula is C18H18BF3O3. The molecule has 0 saturated carbocycles. The fourth-order valence-corrected chi connectivity index (χ4v) is 2.85. The van der Waals surface area contributed by atoms with Crippen LogP contribution in [0.25, 0.3) is 10.8 Å². The lowest BCUT2D eigenvalue weighted by atomic mass is 9.75. The Labute approximate surface area is 144 Å². The minimum atomic E-state index is -4.92. The van der Waals surface area contributed by atoms with Crippen LogP contribution in [-0.4, -0.2) is 30.3 Å². The molecular weight excluding hydrogens is 332 g/mol. The molecule has 3 nitrogen and oxygen atoms in total. The Morgan fingerprint density at radius 1 is 0.920 bits per heavy atom. The summed E-state index contributed by atoms with van der Waals surface area (Å²) in [6.07, 6.45) is -4.92. The second kappa shape index (κ2) is 5.57. The number of fused-ring (bicyclic) bond motifs is 1. The summed E-state index contributed by atoms with van der Waals surface area (Å²) in [7, 11) is -0.718. The topological polar surface area (TPSA) is 35.5 Å². The molecule has 3 rings (SSSR count). The highest BCUT2D eigenvalue weighted by Crippen LogP contribution is 2.37. The minimum absolute atomic E-state index is 0.233. The van der Waals surface area contributed by atoms with Crippen LogP contribution in [0.5, 0.6) is 0 Å². The molecule has 0 radical (unpaired) electrons. The van der Waals surface area contributed by atoms with Crippen molar-refractivity contribution >= 4 is 29.1 Å². The van der Waals surface area contributed by atoms with E-state index < -0.39 is 30.3 Å². The summed E-state index contributed by atoms with van der Waals surface area (Å²) in [6.45, 7) is 7.60. The molecule has 0 atom stereocenters. The molecule has 0 unspecified atom stereocenters. The number of alkyl halides is 3. The minimum Gasteiger partial charge on any atom is -0.399 e.